The molecule has 2 atom stereocenters. The molecule has 0 bridgehead atoms. The first kappa shape index (κ1) is 27.3. The third-order valence-electron chi connectivity index (χ3n) is 4.46. The van der Waals surface area contributed by atoms with Crippen molar-refractivity contribution in [3.63, 3.8) is 0 Å². The average molecular weight is 462 g/mol. The Labute approximate surface area is 153 Å². The summed E-state index contributed by atoms with van der Waals surface area (Å²) in [7, 11) is -8.31. The smallest absolute Gasteiger partial charge is 0.306 e. The van der Waals surface area contributed by atoms with Crippen LogP contribution in [-0.4, -0.2) is 44.2 Å². The van der Waals surface area contributed by atoms with Gasteiger partial charge in [-0.25, -0.2) is 13.2 Å². The van der Waals surface area contributed by atoms with Gasteiger partial charge in [0.15, 0.2) is 0 Å². The first-order valence-electron chi connectivity index (χ1n) is 8.20. The van der Waals surface area contributed by atoms with Gasteiger partial charge in [-0.05, 0) is 6.04 Å². The second kappa shape index (κ2) is 8.98. The van der Waals surface area contributed by atoms with Crippen LogP contribution in [0, 0.1) is 0 Å². The van der Waals surface area contributed by atoms with Crippen molar-refractivity contribution in [1.82, 2.24) is 0 Å². The first-order valence-corrected chi connectivity index (χ1v) is 10.3. The standard InChI is InChI=1S/C14H19F13Si/c1-2-3-4-5-6-7-8-28(27,10(16,9-15)12(18,19)20)11(17,13(21,22)23)14(24,25)26/h2-9H2,1H3. The summed E-state index contributed by atoms with van der Waals surface area (Å²) in [6.45, 7) is -1.86. The summed E-state index contributed by atoms with van der Waals surface area (Å²) in [5, 5.41) is -13.4. The third kappa shape index (κ3) is 4.72. The second-order valence-corrected chi connectivity index (χ2v) is 9.99. The Morgan fingerprint density at radius 2 is 1.00 bits per heavy atom. The maximum absolute atomic E-state index is 14.9. The van der Waals surface area contributed by atoms with Crippen LogP contribution in [0.4, 0.5) is 56.8 Å². The van der Waals surface area contributed by atoms with Crippen molar-refractivity contribution < 1.29 is 56.8 Å². The molecule has 0 N–H and O–H groups in total. The normalized spacial score (nSPS) is 18.6. The lowest BCUT2D eigenvalue weighted by atomic mass is 10.1. The molecule has 0 spiro atoms. The Kier molecular flexibility index (Phi) is 8.76. The maximum atomic E-state index is 14.9. The number of unbranched alkanes of at least 4 members (excludes halogenated alkanes) is 5. The fraction of sp³-hybridized carbons (Fsp3) is 1.00. The molecule has 0 aromatic heterocycles. The SMILES string of the molecule is CCCCCCCC[Si](F)(C(F)(CF)C(F)(F)F)C(F)(C(F)(F)F)C(F)(F)F. The zero-order valence-corrected chi connectivity index (χ0v) is 15.6. The summed E-state index contributed by atoms with van der Waals surface area (Å²) in [5.41, 5.74) is 0. The van der Waals surface area contributed by atoms with Crippen molar-refractivity contribution in [2.75, 3.05) is 6.67 Å². The van der Waals surface area contributed by atoms with Crippen molar-refractivity contribution in [3.05, 3.63) is 0 Å². The molecule has 0 fully saturated rings. The summed E-state index contributed by atoms with van der Waals surface area (Å²) in [6, 6.07) is -2.34. The molecule has 0 aliphatic heterocycles. The molecule has 0 amide bonds. The second-order valence-electron chi connectivity index (χ2n) is 6.41. The topological polar surface area (TPSA) is 0 Å². The molecule has 0 nitrogen and oxygen atoms in total. The summed E-state index contributed by atoms with van der Waals surface area (Å²) >= 11 is 0. The van der Waals surface area contributed by atoms with E-state index in [-0.39, 0.29) is 12.8 Å². The van der Waals surface area contributed by atoms with Crippen molar-refractivity contribution in [2.45, 2.75) is 80.6 Å². The minimum absolute atomic E-state index is 0.0799. The van der Waals surface area contributed by atoms with Crippen LogP contribution >= 0.6 is 0 Å². The lowest BCUT2D eigenvalue weighted by molar-refractivity contribution is -0.319. The molecule has 0 saturated carbocycles. The number of alkyl halides is 12. The van der Waals surface area contributed by atoms with E-state index >= 15 is 0 Å². The highest BCUT2D eigenvalue weighted by molar-refractivity contribution is 6.79. The quantitative estimate of drug-likeness (QED) is 0.137. The van der Waals surface area contributed by atoms with Gasteiger partial charge in [0.05, 0.1) is 0 Å². The number of hydrogen-bond acceptors (Lipinski definition) is 0. The summed E-state index contributed by atoms with van der Waals surface area (Å²) in [4.78, 5) is 0. The molecule has 0 aromatic carbocycles. The van der Waals surface area contributed by atoms with Crippen molar-refractivity contribution >= 4 is 8.41 Å². The molecule has 28 heavy (non-hydrogen) atoms. The fourth-order valence-corrected chi connectivity index (χ4v) is 6.39. The predicted molar refractivity (Wildman–Crippen MR) is 76.9 cm³/mol. The Morgan fingerprint density at radius 3 is 1.32 bits per heavy atom. The molecule has 0 heterocycles. The van der Waals surface area contributed by atoms with Gasteiger partial charge in [-0.1, -0.05) is 45.4 Å². The van der Waals surface area contributed by atoms with Gasteiger partial charge in [0.2, 0.25) is 0 Å². The van der Waals surface area contributed by atoms with E-state index in [1.165, 1.54) is 0 Å². The lowest BCUT2D eigenvalue weighted by Gasteiger charge is -2.45. The number of hydrogen-bond donors (Lipinski definition) is 0. The van der Waals surface area contributed by atoms with Crippen molar-refractivity contribution in [2.24, 2.45) is 0 Å². The molecule has 0 aliphatic rings. The van der Waals surface area contributed by atoms with Crippen LogP contribution in [0.5, 0.6) is 0 Å². The Bertz CT molecular complexity index is 469. The Hall–Kier alpha value is -0.693. The third-order valence-corrected chi connectivity index (χ3v) is 8.84. The van der Waals surface area contributed by atoms with E-state index in [0.717, 1.165) is 0 Å². The molecule has 0 aromatic rings. The highest BCUT2D eigenvalue weighted by atomic mass is 28.4. The van der Waals surface area contributed by atoms with Gasteiger partial charge in [0.25, 0.3) is 5.29 Å². The fourth-order valence-electron chi connectivity index (χ4n) is 2.81. The van der Waals surface area contributed by atoms with Crippen LogP contribution in [0.15, 0.2) is 0 Å². The zero-order valence-electron chi connectivity index (χ0n) is 14.6. The molecular weight excluding hydrogens is 443 g/mol. The van der Waals surface area contributed by atoms with E-state index in [1.807, 2.05) is 0 Å². The minimum Gasteiger partial charge on any atom is -0.306 e. The van der Waals surface area contributed by atoms with Gasteiger partial charge in [-0.2, -0.15) is 39.5 Å². The van der Waals surface area contributed by atoms with Crippen LogP contribution in [0.1, 0.15) is 45.4 Å². The van der Waals surface area contributed by atoms with Gasteiger partial charge in [0.1, 0.15) is 6.67 Å². The molecule has 0 radical (unpaired) electrons. The van der Waals surface area contributed by atoms with Crippen LogP contribution < -0.4 is 0 Å². The Balaban J connectivity index is 6.32. The van der Waals surface area contributed by atoms with E-state index < -0.39 is 56.7 Å². The molecule has 2 unspecified atom stereocenters. The van der Waals surface area contributed by atoms with Crippen molar-refractivity contribution in [1.29, 1.82) is 0 Å². The maximum Gasteiger partial charge on any atom is 0.431 e. The summed E-state index contributed by atoms with van der Waals surface area (Å²) in [5.74, 6) is 0. The van der Waals surface area contributed by atoms with Gasteiger partial charge >= 0.3 is 32.2 Å². The van der Waals surface area contributed by atoms with Crippen molar-refractivity contribution in [3.8, 4) is 0 Å². The lowest BCUT2D eigenvalue weighted by Crippen LogP contribution is -2.80. The highest BCUT2D eigenvalue weighted by Crippen LogP contribution is 2.60. The van der Waals surface area contributed by atoms with Crippen LogP contribution in [0.2, 0.25) is 6.04 Å². The van der Waals surface area contributed by atoms with Gasteiger partial charge in [-0.3, -0.25) is 0 Å². The molecule has 0 saturated heterocycles. The van der Waals surface area contributed by atoms with Crippen LogP contribution in [-0.2, 0) is 0 Å². The Morgan fingerprint density at radius 1 is 0.607 bits per heavy atom. The zero-order chi connectivity index (χ0) is 22.7. The summed E-state index contributed by atoms with van der Waals surface area (Å²) < 4.78 is 172. The van der Waals surface area contributed by atoms with E-state index in [1.54, 1.807) is 6.92 Å². The average Bonchev–Trinajstić information content (AvgIpc) is 2.52. The molecular formula is C14H19F13Si. The monoisotopic (exact) mass is 462 g/mol. The van der Waals surface area contributed by atoms with Gasteiger partial charge < -0.3 is 4.11 Å². The van der Waals surface area contributed by atoms with Gasteiger partial charge in [-0.15, -0.1) is 0 Å². The predicted octanol–water partition coefficient (Wildman–Crippen LogP) is 7.41. The van der Waals surface area contributed by atoms with E-state index in [4.69, 9.17) is 0 Å². The van der Waals surface area contributed by atoms with E-state index in [9.17, 15) is 56.8 Å². The minimum atomic E-state index is -8.31. The van der Waals surface area contributed by atoms with Gasteiger partial charge in [0, 0.05) is 0 Å². The first-order chi connectivity index (χ1) is 12.4. The molecule has 0 aliphatic carbocycles. The molecule has 170 valence electrons. The molecule has 14 heteroatoms. The van der Waals surface area contributed by atoms with E-state index in [0.29, 0.717) is 19.3 Å². The number of rotatable bonds is 10. The van der Waals surface area contributed by atoms with Crippen LogP contribution in [0.3, 0.4) is 0 Å². The van der Waals surface area contributed by atoms with E-state index in [2.05, 4.69) is 0 Å². The summed E-state index contributed by atoms with van der Waals surface area (Å²) in [6.07, 6.45) is -21.2. The highest BCUT2D eigenvalue weighted by Gasteiger charge is 2.92. The van der Waals surface area contributed by atoms with Crippen LogP contribution in [0.25, 0.3) is 0 Å². The molecule has 0 rings (SSSR count). The largest absolute Gasteiger partial charge is 0.431 e. The number of halogens is 13.